The minimum Gasteiger partial charge on any atom is -0.510 e. The molecular formula is C27H30N2O8. The standard InChI is InChI=1S/C27H30N2O8/c1-10-14-12(11-6-4-5-7-11)8-9-13(30)16(14)21(31)17-15(10)22(32)19-20(29(2)3)23(33)18(26(28)36)25(35)27(19,37)24(17)34/h6,8-10,15,19-20,22,30,32-34,37H,4-5,7H2,1-3H3,(H2,28,36)/t10-,15?,19?,20-,22-,27-/m0/s1. The van der Waals surface area contributed by atoms with Crippen LogP contribution in [0.5, 0.6) is 5.75 Å². The van der Waals surface area contributed by atoms with E-state index in [1.54, 1.807) is 13.0 Å². The van der Waals surface area contributed by atoms with Crippen LogP contribution in [0, 0.1) is 11.8 Å². The third kappa shape index (κ3) is 3.12. The molecule has 4 aliphatic rings. The summed E-state index contributed by atoms with van der Waals surface area (Å²) in [5.41, 5.74) is 3.34. The minimum atomic E-state index is -2.91. The first-order valence-corrected chi connectivity index (χ1v) is 12.2. The molecule has 2 unspecified atom stereocenters. The second-order valence-electron chi connectivity index (χ2n) is 10.6. The Morgan fingerprint density at radius 3 is 2.41 bits per heavy atom. The van der Waals surface area contributed by atoms with Gasteiger partial charge in [0.2, 0.25) is 5.78 Å². The molecular weight excluding hydrogens is 480 g/mol. The molecule has 0 spiro atoms. The number of aromatic hydroxyl groups is 1. The smallest absolute Gasteiger partial charge is 0.255 e. The number of hydrogen-bond acceptors (Lipinski definition) is 9. The van der Waals surface area contributed by atoms with Crippen LogP contribution in [0.25, 0.3) is 5.57 Å². The van der Waals surface area contributed by atoms with Crippen LogP contribution < -0.4 is 5.73 Å². The van der Waals surface area contributed by atoms with E-state index in [1.807, 2.05) is 0 Å². The zero-order chi connectivity index (χ0) is 27.1. The molecule has 0 heterocycles. The van der Waals surface area contributed by atoms with Crippen molar-refractivity contribution in [2.75, 3.05) is 14.1 Å². The zero-order valence-electron chi connectivity index (χ0n) is 20.7. The average molecular weight is 511 g/mol. The second kappa shape index (κ2) is 8.27. The average Bonchev–Trinajstić information content (AvgIpc) is 3.36. The van der Waals surface area contributed by atoms with Gasteiger partial charge < -0.3 is 31.3 Å². The van der Waals surface area contributed by atoms with Crippen LogP contribution in [-0.4, -0.2) is 79.7 Å². The number of rotatable bonds is 3. The van der Waals surface area contributed by atoms with E-state index in [-0.39, 0.29) is 11.3 Å². The summed E-state index contributed by atoms with van der Waals surface area (Å²) in [6, 6.07) is 1.84. The van der Waals surface area contributed by atoms with Crippen molar-refractivity contribution in [1.29, 1.82) is 0 Å². The van der Waals surface area contributed by atoms with E-state index in [0.29, 0.717) is 5.56 Å². The molecule has 37 heavy (non-hydrogen) atoms. The minimum absolute atomic E-state index is 0.0641. The van der Waals surface area contributed by atoms with Crippen LogP contribution in [0.3, 0.4) is 0 Å². The lowest BCUT2D eigenvalue weighted by atomic mass is 9.55. The fourth-order valence-electron chi connectivity index (χ4n) is 6.90. The fraction of sp³-hybridized carbons (Fsp3) is 0.444. The number of allylic oxidation sites excluding steroid dienone is 2. The molecule has 0 aromatic heterocycles. The highest BCUT2D eigenvalue weighted by Crippen LogP contribution is 2.56. The second-order valence-corrected chi connectivity index (χ2v) is 10.6. The first kappa shape index (κ1) is 25.2. The Morgan fingerprint density at radius 2 is 1.84 bits per heavy atom. The van der Waals surface area contributed by atoms with Crippen molar-refractivity contribution in [3.63, 3.8) is 0 Å². The molecule has 196 valence electrons. The van der Waals surface area contributed by atoms with Crippen LogP contribution in [0.15, 0.2) is 40.9 Å². The van der Waals surface area contributed by atoms with Crippen LogP contribution >= 0.6 is 0 Å². The number of fused-ring (bicyclic) bond motifs is 3. The molecule has 0 bridgehead atoms. The first-order valence-electron chi connectivity index (χ1n) is 12.2. The van der Waals surface area contributed by atoms with Gasteiger partial charge in [-0.15, -0.1) is 0 Å². The summed E-state index contributed by atoms with van der Waals surface area (Å²) in [7, 11) is 3.01. The highest BCUT2D eigenvalue weighted by atomic mass is 16.4. The molecule has 10 heteroatoms. The fourth-order valence-corrected chi connectivity index (χ4v) is 6.90. The maximum atomic E-state index is 13.9. The van der Waals surface area contributed by atoms with E-state index in [2.05, 4.69) is 6.08 Å². The number of Topliss-reactive ketones (excluding diaryl/α,β-unsaturated/α-hetero) is 2. The van der Waals surface area contributed by atoms with E-state index in [4.69, 9.17) is 5.73 Å². The summed E-state index contributed by atoms with van der Waals surface area (Å²) in [6.07, 6.45) is 3.07. The Balaban J connectivity index is 1.80. The third-order valence-electron chi connectivity index (χ3n) is 8.50. The molecule has 0 saturated heterocycles. The number of carbonyl (C=O) groups excluding carboxylic acids is 3. The molecule has 0 saturated carbocycles. The zero-order valence-corrected chi connectivity index (χ0v) is 20.7. The van der Waals surface area contributed by atoms with Crippen molar-refractivity contribution < 1.29 is 39.9 Å². The van der Waals surface area contributed by atoms with Crippen LogP contribution in [0.1, 0.15) is 53.6 Å². The molecule has 0 fully saturated rings. The largest absolute Gasteiger partial charge is 0.510 e. The van der Waals surface area contributed by atoms with E-state index < -0.39 is 75.6 Å². The van der Waals surface area contributed by atoms with E-state index in [0.717, 1.165) is 30.4 Å². The monoisotopic (exact) mass is 510 g/mol. The summed E-state index contributed by atoms with van der Waals surface area (Å²) >= 11 is 0. The number of hydrogen-bond donors (Lipinski definition) is 6. The highest BCUT2D eigenvalue weighted by Gasteiger charge is 2.67. The van der Waals surface area contributed by atoms with Gasteiger partial charge in [0, 0.05) is 11.5 Å². The van der Waals surface area contributed by atoms with Crippen LogP contribution in [0.2, 0.25) is 0 Å². The number of phenols is 1. The normalized spacial score (nSPS) is 33.4. The van der Waals surface area contributed by atoms with Gasteiger partial charge in [0.25, 0.3) is 5.91 Å². The quantitative estimate of drug-likeness (QED) is 0.326. The van der Waals surface area contributed by atoms with Gasteiger partial charge in [-0.3, -0.25) is 19.3 Å². The van der Waals surface area contributed by atoms with Crippen molar-refractivity contribution in [2.45, 2.75) is 49.9 Å². The lowest BCUT2D eigenvalue weighted by molar-refractivity contribution is -0.162. The summed E-state index contributed by atoms with van der Waals surface area (Å²) < 4.78 is 0. The summed E-state index contributed by atoms with van der Waals surface area (Å²) in [5.74, 6) is -8.85. The molecule has 1 aromatic carbocycles. The SMILES string of the molecule is C[C@H]1c2c(C3=CCCC3)ccc(O)c2C(=O)C2=C(O)[C@]3(O)C(=O)C(C(N)=O)=C(O)[C@@H](N(C)C)C3[C@@H](O)C21. The number of phenolic OH excluding ortho intramolecular Hbond substituents is 1. The number of carbonyl (C=O) groups is 3. The van der Waals surface area contributed by atoms with Gasteiger partial charge in [-0.2, -0.15) is 0 Å². The number of likely N-dealkylation sites (N-methyl/N-ethyl adjacent to an activating group) is 1. The van der Waals surface area contributed by atoms with Crippen molar-refractivity contribution in [3.05, 3.63) is 57.6 Å². The molecule has 0 aliphatic heterocycles. The van der Waals surface area contributed by atoms with Gasteiger partial charge in [0.05, 0.1) is 23.6 Å². The van der Waals surface area contributed by atoms with Crippen LogP contribution in [-0.2, 0) is 9.59 Å². The molecule has 10 nitrogen and oxygen atoms in total. The summed E-state index contributed by atoms with van der Waals surface area (Å²) in [6.45, 7) is 1.75. The van der Waals surface area contributed by atoms with Gasteiger partial charge in [-0.25, -0.2) is 0 Å². The van der Waals surface area contributed by atoms with Crippen molar-refractivity contribution >= 4 is 23.0 Å². The van der Waals surface area contributed by atoms with Crippen LogP contribution in [0.4, 0.5) is 0 Å². The lowest BCUT2D eigenvalue weighted by Gasteiger charge is -2.53. The third-order valence-corrected chi connectivity index (χ3v) is 8.50. The van der Waals surface area contributed by atoms with Crippen molar-refractivity contribution in [1.82, 2.24) is 4.90 Å². The van der Waals surface area contributed by atoms with E-state index >= 15 is 0 Å². The summed E-state index contributed by atoms with van der Waals surface area (Å²) in [5, 5.41) is 56.5. The number of aliphatic hydroxyl groups excluding tert-OH is 3. The Labute approximate surface area is 213 Å². The first-order chi connectivity index (χ1) is 17.3. The number of nitrogens with zero attached hydrogens (tertiary/aromatic N) is 1. The Kier molecular flexibility index (Phi) is 5.63. The van der Waals surface area contributed by atoms with Gasteiger partial charge in [0.15, 0.2) is 11.4 Å². The predicted molar refractivity (Wildman–Crippen MR) is 132 cm³/mol. The molecule has 6 atom stereocenters. The number of aliphatic hydroxyl groups is 4. The molecule has 4 aliphatic carbocycles. The van der Waals surface area contributed by atoms with Gasteiger partial charge in [-0.1, -0.05) is 19.1 Å². The maximum absolute atomic E-state index is 13.9. The molecule has 5 rings (SSSR count). The number of amides is 1. The van der Waals surface area contributed by atoms with Crippen molar-refractivity contribution in [3.8, 4) is 5.75 Å². The summed E-state index contributed by atoms with van der Waals surface area (Å²) in [4.78, 5) is 40.8. The molecule has 1 amide bonds. The molecule has 7 N–H and O–H groups in total. The number of nitrogens with two attached hydrogens (primary N) is 1. The number of benzene rings is 1. The molecule has 0 radical (unpaired) electrons. The topological polar surface area (TPSA) is 182 Å². The van der Waals surface area contributed by atoms with E-state index in [1.165, 1.54) is 25.1 Å². The van der Waals surface area contributed by atoms with Gasteiger partial charge >= 0.3 is 0 Å². The number of primary amides is 1. The van der Waals surface area contributed by atoms with Gasteiger partial charge in [-0.05, 0) is 62.0 Å². The lowest BCUT2D eigenvalue weighted by Crippen LogP contribution is -2.68. The Morgan fingerprint density at radius 1 is 1.16 bits per heavy atom. The highest BCUT2D eigenvalue weighted by molar-refractivity contribution is 6.25. The van der Waals surface area contributed by atoms with Gasteiger partial charge in [0.1, 0.15) is 22.8 Å². The maximum Gasteiger partial charge on any atom is 0.255 e. The number of ketones is 2. The van der Waals surface area contributed by atoms with E-state index in [9.17, 15) is 39.9 Å². The molecule has 1 aromatic rings. The Hall–Kier alpha value is -3.47. The van der Waals surface area contributed by atoms with Crippen molar-refractivity contribution in [2.24, 2.45) is 17.6 Å². The Bertz CT molecular complexity index is 1360. The predicted octanol–water partition coefficient (Wildman–Crippen LogP) is 1.22.